The molecule has 160 valence electrons. The van der Waals surface area contributed by atoms with Crippen LogP contribution in [0.1, 0.15) is 24.5 Å². The van der Waals surface area contributed by atoms with E-state index in [0.717, 1.165) is 5.56 Å². The third kappa shape index (κ3) is 4.40. The van der Waals surface area contributed by atoms with Crippen molar-refractivity contribution < 1.29 is 22.3 Å². The molecule has 4 rings (SSSR count). The number of amides is 1. The Morgan fingerprint density at radius 1 is 0.967 bits per heavy atom. The molecule has 0 spiro atoms. The lowest BCUT2D eigenvalue weighted by atomic mass is 9.96. The van der Waals surface area contributed by atoms with Gasteiger partial charge in [0.15, 0.2) is 0 Å². The summed E-state index contributed by atoms with van der Waals surface area (Å²) in [7, 11) is -3.53. The zero-order valence-electron chi connectivity index (χ0n) is 16.6. The average molecular weight is 433 g/mol. The van der Waals surface area contributed by atoms with Gasteiger partial charge >= 0.3 is 0 Å². The van der Waals surface area contributed by atoms with Crippen molar-refractivity contribution in [2.24, 2.45) is 5.92 Å². The van der Waals surface area contributed by atoms with Gasteiger partial charge in [0, 0.05) is 25.6 Å². The van der Waals surface area contributed by atoms with Gasteiger partial charge in [0.05, 0.1) is 18.0 Å². The lowest BCUT2D eigenvalue weighted by molar-refractivity contribution is -0.144. The fourth-order valence-electron chi connectivity index (χ4n) is 4.07. The fourth-order valence-corrected chi connectivity index (χ4v) is 5.56. The first-order valence-electron chi connectivity index (χ1n) is 10.2. The Morgan fingerprint density at radius 3 is 2.30 bits per heavy atom. The summed E-state index contributed by atoms with van der Waals surface area (Å²) in [4.78, 5) is 15.1. The van der Waals surface area contributed by atoms with Crippen LogP contribution in [0.4, 0.5) is 4.39 Å². The largest absolute Gasteiger partial charge is 0.370 e. The van der Waals surface area contributed by atoms with Gasteiger partial charge in [-0.1, -0.05) is 30.3 Å². The van der Waals surface area contributed by atoms with E-state index in [2.05, 4.69) is 0 Å². The van der Waals surface area contributed by atoms with E-state index in [1.807, 2.05) is 0 Å². The van der Waals surface area contributed by atoms with Crippen molar-refractivity contribution >= 4 is 15.9 Å². The van der Waals surface area contributed by atoms with Crippen LogP contribution >= 0.6 is 0 Å². The number of hydrogen-bond acceptors (Lipinski definition) is 4. The van der Waals surface area contributed by atoms with Crippen LogP contribution in [0.3, 0.4) is 0 Å². The van der Waals surface area contributed by atoms with Crippen molar-refractivity contribution in [3.63, 3.8) is 0 Å². The number of hydrogen-bond donors (Lipinski definition) is 0. The van der Waals surface area contributed by atoms with Gasteiger partial charge in [-0.2, -0.15) is 4.31 Å². The molecule has 2 aromatic rings. The SMILES string of the molecule is O=C(C1CCN(S(=O)(=O)c2ccccc2)CC1)N1CCOC(c2ccc(F)cc2)C1. The van der Waals surface area contributed by atoms with Gasteiger partial charge < -0.3 is 9.64 Å². The zero-order valence-corrected chi connectivity index (χ0v) is 17.4. The molecule has 2 saturated heterocycles. The Kier molecular flexibility index (Phi) is 6.17. The summed E-state index contributed by atoms with van der Waals surface area (Å²) in [6.07, 6.45) is 0.731. The lowest BCUT2D eigenvalue weighted by Crippen LogP contribution is -2.48. The number of morpholine rings is 1. The molecule has 0 bridgehead atoms. The number of piperidine rings is 1. The van der Waals surface area contributed by atoms with Crippen LogP contribution in [-0.4, -0.2) is 56.3 Å². The maximum absolute atomic E-state index is 13.2. The summed E-state index contributed by atoms with van der Waals surface area (Å²) < 4.78 is 46.0. The summed E-state index contributed by atoms with van der Waals surface area (Å²) in [5.74, 6) is -0.457. The number of sulfonamides is 1. The van der Waals surface area contributed by atoms with Crippen LogP contribution < -0.4 is 0 Å². The van der Waals surface area contributed by atoms with Gasteiger partial charge in [-0.15, -0.1) is 0 Å². The van der Waals surface area contributed by atoms with Crippen molar-refractivity contribution in [1.82, 2.24) is 9.21 Å². The molecular formula is C22H25FN2O4S. The standard InChI is InChI=1S/C22H25FN2O4S/c23-19-8-6-17(7-9-19)21-16-24(14-15-29-21)22(26)18-10-12-25(13-11-18)30(27,28)20-4-2-1-3-5-20/h1-9,18,21H,10-16H2. The molecule has 2 fully saturated rings. The number of carbonyl (C=O) groups is 1. The Labute approximate surface area is 176 Å². The highest BCUT2D eigenvalue weighted by Crippen LogP contribution is 2.28. The van der Waals surface area contributed by atoms with Crippen molar-refractivity contribution in [2.75, 3.05) is 32.8 Å². The van der Waals surface area contributed by atoms with E-state index in [0.29, 0.717) is 45.6 Å². The van der Waals surface area contributed by atoms with Crippen molar-refractivity contribution in [3.05, 3.63) is 66.0 Å². The molecule has 1 atom stereocenters. The van der Waals surface area contributed by atoms with Gasteiger partial charge in [-0.25, -0.2) is 12.8 Å². The van der Waals surface area contributed by atoms with Crippen molar-refractivity contribution in [3.8, 4) is 0 Å². The Bertz CT molecular complexity index is 974. The summed E-state index contributed by atoms with van der Waals surface area (Å²) in [5.41, 5.74) is 0.845. The summed E-state index contributed by atoms with van der Waals surface area (Å²) in [6.45, 7) is 2.03. The van der Waals surface area contributed by atoms with E-state index in [1.165, 1.54) is 16.4 Å². The summed E-state index contributed by atoms with van der Waals surface area (Å²) in [6, 6.07) is 14.5. The third-order valence-electron chi connectivity index (χ3n) is 5.80. The summed E-state index contributed by atoms with van der Waals surface area (Å²) >= 11 is 0. The molecule has 8 heteroatoms. The molecule has 0 N–H and O–H groups in total. The van der Waals surface area contributed by atoms with E-state index in [9.17, 15) is 17.6 Å². The first-order chi connectivity index (χ1) is 14.4. The molecule has 2 aliphatic heterocycles. The van der Waals surface area contributed by atoms with Crippen LogP contribution in [0.2, 0.25) is 0 Å². The van der Waals surface area contributed by atoms with Gasteiger partial charge in [0.2, 0.25) is 15.9 Å². The van der Waals surface area contributed by atoms with Crippen LogP contribution in [-0.2, 0) is 19.6 Å². The van der Waals surface area contributed by atoms with Crippen molar-refractivity contribution in [2.45, 2.75) is 23.8 Å². The quantitative estimate of drug-likeness (QED) is 0.745. The highest BCUT2D eigenvalue weighted by atomic mass is 32.2. The molecule has 0 aromatic heterocycles. The first kappa shape index (κ1) is 21.0. The van der Waals surface area contributed by atoms with Gasteiger partial charge in [0.25, 0.3) is 0 Å². The van der Waals surface area contributed by atoms with Crippen LogP contribution in [0.5, 0.6) is 0 Å². The maximum atomic E-state index is 13.2. The minimum atomic E-state index is -3.53. The molecule has 2 aromatic carbocycles. The number of ether oxygens (including phenoxy) is 1. The number of benzene rings is 2. The van der Waals surface area contributed by atoms with Gasteiger partial charge in [-0.3, -0.25) is 4.79 Å². The molecular weight excluding hydrogens is 407 g/mol. The van der Waals surface area contributed by atoms with Crippen LogP contribution in [0.25, 0.3) is 0 Å². The second-order valence-corrected chi connectivity index (χ2v) is 9.62. The predicted octanol–water partition coefficient (Wildman–Crippen LogP) is 2.83. The molecule has 0 aliphatic carbocycles. The number of nitrogens with zero attached hydrogens (tertiary/aromatic N) is 2. The molecule has 2 aliphatic rings. The molecule has 1 unspecified atom stereocenters. The molecule has 2 heterocycles. The first-order valence-corrected chi connectivity index (χ1v) is 11.6. The molecule has 0 radical (unpaired) electrons. The summed E-state index contributed by atoms with van der Waals surface area (Å²) in [5, 5.41) is 0. The van der Waals surface area contributed by atoms with E-state index in [4.69, 9.17) is 4.74 Å². The van der Waals surface area contributed by atoms with E-state index < -0.39 is 10.0 Å². The Hall–Kier alpha value is -2.29. The minimum Gasteiger partial charge on any atom is -0.370 e. The van der Waals surface area contributed by atoms with Crippen molar-refractivity contribution in [1.29, 1.82) is 0 Å². The molecule has 6 nitrogen and oxygen atoms in total. The van der Waals surface area contributed by atoms with E-state index >= 15 is 0 Å². The number of rotatable bonds is 4. The number of carbonyl (C=O) groups excluding carboxylic acids is 1. The Morgan fingerprint density at radius 2 is 1.63 bits per heavy atom. The van der Waals surface area contributed by atoms with E-state index in [-0.39, 0.29) is 28.6 Å². The topological polar surface area (TPSA) is 66.9 Å². The zero-order chi connectivity index (χ0) is 21.1. The monoisotopic (exact) mass is 432 g/mol. The predicted molar refractivity (Wildman–Crippen MR) is 110 cm³/mol. The second kappa shape index (κ2) is 8.83. The lowest BCUT2D eigenvalue weighted by Gasteiger charge is -2.37. The van der Waals surface area contributed by atoms with Crippen LogP contribution in [0, 0.1) is 11.7 Å². The molecule has 30 heavy (non-hydrogen) atoms. The van der Waals surface area contributed by atoms with Gasteiger partial charge in [-0.05, 0) is 42.7 Å². The molecule has 1 amide bonds. The Balaban J connectivity index is 1.36. The third-order valence-corrected chi connectivity index (χ3v) is 7.72. The van der Waals surface area contributed by atoms with Gasteiger partial charge in [0.1, 0.15) is 11.9 Å². The minimum absolute atomic E-state index is 0.0437. The normalized spacial score (nSPS) is 21.5. The highest BCUT2D eigenvalue weighted by molar-refractivity contribution is 7.89. The second-order valence-electron chi connectivity index (χ2n) is 7.69. The smallest absolute Gasteiger partial charge is 0.243 e. The number of halogens is 1. The maximum Gasteiger partial charge on any atom is 0.243 e. The fraction of sp³-hybridized carbons (Fsp3) is 0.409. The molecule has 0 saturated carbocycles. The van der Waals surface area contributed by atoms with Crippen LogP contribution in [0.15, 0.2) is 59.5 Å². The average Bonchev–Trinajstić information content (AvgIpc) is 2.80. The van der Waals surface area contributed by atoms with E-state index in [1.54, 1.807) is 47.4 Å². The highest BCUT2D eigenvalue weighted by Gasteiger charge is 2.35.